The molecule has 0 unspecified atom stereocenters. The average Bonchev–Trinajstić information content (AvgIpc) is 2.00. The van der Waals surface area contributed by atoms with E-state index in [1.807, 2.05) is 6.92 Å². The van der Waals surface area contributed by atoms with Crippen molar-refractivity contribution in [1.82, 2.24) is 5.32 Å². The maximum Gasteiger partial charge on any atom is 0.0298 e. The number of unbranched alkanes of at least 4 members (excludes halogenated alkanes) is 1. The highest BCUT2D eigenvalue weighted by Gasteiger charge is 1.93. The molecule has 0 aliphatic rings. The van der Waals surface area contributed by atoms with Gasteiger partial charge in [-0.05, 0) is 33.3 Å². The first-order valence-electron chi connectivity index (χ1n) is 4.80. The van der Waals surface area contributed by atoms with E-state index >= 15 is 0 Å². The third-order valence-electron chi connectivity index (χ3n) is 1.45. The summed E-state index contributed by atoms with van der Waals surface area (Å²) in [5.74, 6) is 0. The molecule has 0 aromatic carbocycles. The van der Waals surface area contributed by atoms with Crippen LogP contribution in [0.3, 0.4) is 0 Å². The second-order valence-corrected chi connectivity index (χ2v) is 3.25. The number of allylic oxidation sites excluding steroid dienone is 3. The second kappa shape index (κ2) is 6.96. The van der Waals surface area contributed by atoms with Crippen LogP contribution in [0.2, 0.25) is 0 Å². The van der Waals surface area contributed by atoms with Crippen molar-refractivity contribution in [2.45, 2.75) is 46.6 Å². The minimum atomic E-state index is 0.518. The SMILES string of the molecule is C/C=C\C(=C/CCC)NC(C)C. The molecule has 0 radical (unpaired) electrons. The Labute approximate surface area is 76.6 Å². The van der Waals surface area contributed by atoms with Crippen molar-refractivity contribution in [2.75, 3.05) is 0 Å². The quantitative estimate of drug-likeness (QED) is 0.620. The molecule has 1 heteroatoms. The number of hydrogen-bond donors (Lipinski definition) is 1. The summed E-state index contributed by atoms with van der Waals surface area (Å²) < 4.78 is 0. The van der Waals surface area contributed by atoms with Crippen molar-refractivity contribution in [1.29, 1.82) is 0 Å². The molecule has 0 aliphatic carbocycles. The molecule has 0 spiro atoms. The summed E-state index contributed by atoms with van der Waals surface area (Å²) >= 11 is 0. The first-order valence-corrected chi connectivity index (χ1v) is 4.80. The second-order valence-electron chi connectivity index (χ2n) is 3.25. The fraction of sp³-hybridized carbons (Fsp3) is 0.636. The van der Waals surface area contributed by atoms with Crippen molar-refractivity contribution < 1.29 is 0 Å². The van der Waals surface area contributed by atoms with Crippen LogP contribution in [0.5, 0.6) is 0 Å². The Morgan fingerprint density at radius 3 is 2.50 bits per heavy atom. The molecule has 0 rings (SSSR count). The topological polar surface area (TPSA) is 12.0 Å². The summed E-state index contributed by atoms with van der Waals surface area (Å²) in [6, 6.07) is 0.518. The van der Waals surface area contributed by atoms with Crippen molar-refractivity contribution in [2.24, 2.45) is 0 Å². The Morgan fingerprint density at radius 1 is 1.42 bits per heavy atom. The van der Waals surface area contributed by atoms with Gasteiger partial charge < -0.3 is 5.32 Å². The van der Waals surface area contributed by atoms with Gasteiger partial charge in [0.25, 0.3) is 0 Å². The third-order valence-corrected chi connectivity index (χ3v) is 1.45. The minimum Gasteiger partial charge on any atom is -0.383 e. The van der Waals surface area contributed by atoms with Gasteiger partial charge in [0, 0.05) is 11.7 Å². The number of nitrogens with one attached hydrogen (secondary N) is 1. The normalized spacial score (nSPS) is 12.9. The smallest absolute Gasteiger partial charge is 0.0298 e. The molecule has 12 heavy (non-hydrogen) atoms. The van der Waals surface area contributed by atoms with E-state index in [4.69, 9.17) is 0 Å². The van der Waals surface area contributed by atoms with Gasteiger partial charge in [0.15, 0.2) is 0 Å². The predicted molar refractivity (Wildman–Crippen MR) is 56.1 cm³/mol. The first-order chi connectivity index (χ1) is 5.70. The van der Waals surface area contributed by atoms with E-state index in [2.05, 4.69) is 44.3 Å². The first kappa shape index (κ1) is 11.3. The number of hydrogen-bond acceptors (Lipinski definition) is 1. The monoisotopic (exact) mass is 167 g/mol. The Bertz CT molecular complexity index is 154. The largest absolute Gasteiger partial charge is 0.383 e. The third kappa shape index (κ3) is 6.02. The zero-order valence-corrected chi connectivity index (χ0v) is 8.72. The van der Waals surface area contributed by atoms with Crippen LogP contribution >= 0.6 is 0 Å². The van der Waals surface area contributed by atoms with Gasteiger partial charge in [0.2, 0.25) is 0 Å². The van der Waals surface area contributed by atoms with Gasteiger partial charge >= 0.3 is 0 Å². The van der Waals surface area contributed by atoms with Crippen molar-refractivity contribution in [3.63, 3.8) is 0 Å². The summed E-state index contributed by atoms with van der Waals surface area (Å²) in [5.41, 5.74) is 1.24. The highest BCUT2D eigenvalue weighted by atomic mass is 14.9. The van der Waals surface area contributed by atoms with E-state index in [1.165, 1.54) is 12.1 Å². The molecule has 0 saturated heterocycles. The van der Waals surface area contributed by atoms with Crippen molar-refractivity contribution in [3.8, 4) is 0 Å². The van der Waals surface area contributed by atoms with Crippen LogP contribution in [0.1, 0.15) is 40.5 Å². The molecule has 0 bridgehead atoms. The molecule has 1 N–H and O–H groups in total. The highest BCUT2D eigenvalue weighted by molar-refractivity contribution is 5.16. The van der Waals surface area contributed by atoms with Gasteiger partial charge in [-0.3, -0.25) is 0 Å². The lowest BCUT2D eigenvalue weighted by Gasteiger charge is -2.10. The zero-order chi connectivity index (χ0) is 9.40. The summed E-state index contributed by atoms with van der Waals surface area (Å²) in [6.07, 6.45) is 8.80. The fourth-order valence-electron chi connectivity index (χ4n) is 0.988. The molecular weight excluding hydrogens is 146 g/mol. The lowest BCUT2D eigenvalue weighted by atomic mass is 10.2. The van der Waals surface area contributed by atoms with E-state index in [-0.39, 0.29) is 0 Å². The summed E-state index contributed by atoms with van der Waals surface area (Å²) in [4.78, 5) is 0. The van der Waals surface area contributed by atoms with Gasteiger partial charge in [0.1, 0.15) is 0 Å². The van der Waals surface area contributed by atoms with Crippen LogP contribution in [0.15, 0.2) is 23.9 Å². The van der Waals surface area contributed by atoms with Crippen LogP contribution in [-0.2, 0) is 0 Å². The highest BCUT2D eigenvalue weighted by Crippen LogP contribution is 1.99. The van der Waals surface area contributed by atoms with Gasteiger partial charge in [-0.15, -0.1) is 0 Å². The average molecular weight is 167 g/mol. The fourth-order valence-corrected chi connectivity index (χ4v) is 0.988. The Balaban J connectivity index is 4.02. The van der Waals surface area contributed by atoms with Crippen molar-refractivity contribution in [3.05, 3.63) is 23.9 Å². The summed E-state index contributed by atoms with van der Waals surface area (Å²) in [5, 5.41) is 3.39. The molecule has 0 heterocycles. The zero-order valence-electron chi connectivity index (χ0n) is 8.72. The molecule has 1 nitrogen and oxygen atoms in total. The summed E-state index contributed by atoms with van der Waals surface area (Å²) in [7, 11) is 0. The molecule has 0 aliphatic heterocycles. The lowest BCUT2D eigenvalue weighted by molar-refractivity contribution is 0.677. The Morgan fingerprint density at radius 2 is 2.08 bits per heavy atom. The van der Waals surface area contributed by atoms with Gasteiger partial charge in [-0.25, -0.2) is 0 Å². The molecule has 0 aromatic rings. The van der Waals surface area contributed by atoms with Gasteiger partial charge in [0.05, 0.1) is 0 Å². The molecule has 0 saturated carbocycles. The Hall–Kier alpha value is -0.720. The molecule has 0 atom stereocenters. The maximum absolute atomic E-state index is 3.39. The molecule has 0 amide bonds. The van der Waals surface area contributed by atoms with E-state index < -0.39 is 0 Å². The van der Waals surface area contributed by atoms with E-state index in [0.29, 0.717) is 6.04 Å². The van der Waals surface area contributed by atoms with Crippen LogP contribution in [0, 0.1) is 0 Å². The van der Waals surface area contributed by atoms with E-state index in [0.717, 1.165) is 6.42 Å². The maximum atomic E-state index is 3.39. The molecule has 0 fully saturated rings. The van der Waals surface area contributed by atoms with Gasteiger partial charge in [-0.1, -0.05) is 25.5 Å². The van der Waals surface area contributed by atoms with Crippen molar-refractivity contribution >= 4 is 0 Å². The van der Waals surface area contributed by atoms with Crippen LogP contribution in [0.25, 0.3) is 0 Å². The standard InChI is InChI=1S/C11H21N/c1-5-7-9-11(8-6-2)12-10(3)4/h6,8-10,12H,5,7H2,1-4H3/b8-6-,11-9+. The van der Waals surface area contributed by atoms with E-state index in [1.54, 1.807) is 0 Å². The van der Waals surface area contributed by atoms with Crippen LogP contribution in [0.4, 0.5) is 0 Å². The minimum absolute atomic E-state index is 0.518. The molecule has 70 valence electrons. The molecular formula is C11H21N. The van der Waals surface area contributed by atoms with Gasteiger partial charge in [-0.2, -0.15) is 0 Å². The number of rotatable bonds is 5. The predicted octanol–water partition coefficient (Wildman–Crippen LogP) is 3.24. The van der Waals surface area contributed by atoms with E-state index in [9.17, 15) is 0 Å². The summed E-state index contributed by atoms with van der Waals surface area (Å²) in [6.45, 7) is 8.55. The Kier molecular flexibility index (Phi) is 6.54. The van der Waals surface area contributed by atoms with Crippen LogP contribution < -0.4 is 5.32 Å². The van der Waals surface area contributed by atoms with Crippen LogP contribution in [-0.4, -0.2) is 6.04 Å². The molecule has 0 aromatic heterocycles. The lowest BCUT2D eigenvalue weighted by Crippen LogP contribution is -2.20.